The van der Waals surface area contributed by atoms with Gasteiger partial charge in [-0.2, -0.15) is 0 Å². The first kappa shape index (κ1) is 26.4. The van der Waals surface area contributed by atoms with Crippen molar-refractivity contribution < 1.29 is 4.79 Å². The van der Waals surface area contributed by atoms with Crippen LogP contribution in [0.5, 0.6) is 0 Å². The molecule has 0 radical (unpaired) electrons. The Morgan fingerprint density at radius 1 is 1.19 bits per heavy atom. The van der Waals surface area contributed by atoms with Crippen molar-refractivity contribution in [1.29, 1.82) is 0 Å². The monoisotopic (exact) mass is 498 g/mol. The van der Waals surface area contributed by atoms with Crippen LogP contribution >= 0.6 is 0 Å². The number of rotatable bonds is 7. The Morgan fingerprint density at radius 2 is 2.00 bits per heavy atom. The Bertz CT molecular complexity index is 1280. The normalized spacial score (nSPS) is 16.6. The van der Waals surface area contributed by atoms with Crippen molar-refractivity contribution in [1.82, 2.24) is 25.1 Å². The molecule has 194 valence electrons. The quantitative estimate of drug-likeness (QED) is 0.585. The number of dihydropyridines is 1. The molecule has 0 aliphatic carbocycles. The highest BCUT2D eigenvalue weighted by Crippen LogP contribution is 2.30. The SMILES string of the molecule is CNc1ccc(C2=CCNC(C)=C2/C=C(\C)CN2CC=C(c3ncc(C(=O)N(C)C)cc3C)CC2)cn1. The first-order valence-corrected chi connectivity index (χ1v) is 12.8. The first-order valence-electron chi connectivity index (χ1n) is 12.8. The minimum absolute atomic E-state index is 0.0176. The molecule has 0 bridgehead atoms. The molecule has 37 heavy (non-hydrogen) atoms. The molecular weight excluding hydrogens is 460 g/mol. The second-order valence-corrected chi connectivity index (χ2v) is 10.0. The van der Waals surface area contributed by atoms with Gasteiger partial charge >= 0.3 is 0 Å². The molecule has 0 spiro atoms. The van der Waals surface area contributed by atoms with Gasteiger partial charge < -0.3 is 15.5 Å². The van der Waals surface area contributed by atoms with Gasteiger partial charge in [0.2, 0.25) is 0 Å². The van der Waals surface area contributed by atoms with Crippen molar-refractivity contribution in [3.63, 3.8) is 0 Å². The Morgan fingerprint density at radius 3 is 2.62 bits per heavy atom. The number of nitrogens with zero attached hydrogens (tertiary/aromatic N) is 4. The van der Waals surface area contributed by atoms with Crippen LogP contribution in [0.3, 0.4) is 0 Å². The maximum absolute atomic E-state index is 12.3. The molecule has 2 N–H and O–H groups in total. The molecule has 0 saturated heterocycles. The van der Waals surface area contributed by atoms with Gasteiger partial charge in [0.05, 0.1) is 11.3 Å². The second kappa shape index (κ2) is 11.6. The minimum atomic E-state index is -0.0176. The molecule has 2 aromatic heterocycles. The summed E-state index contributed by atoms with van der Waals surface area (Å²) in [6.07, 6.45) is 11.4. The van der Waals surface area contributed by atoms with Crippen LogP contribution in [0.2, 0.25) is 0 Å². The van der Waals surface area contributed by atoms with E-state index in [0.717, 1.165) is 55.2 Å². The van der Waals surface area contributed by atoms with Crippen LogP contribution in [0.4, 0.5) is 5.82 Å². The van der Waals surface area contributed by atoms with Gasteiger partial charge in [0.1, 0.15) is 5.82 Å². The predicted molar refractivity (Wildman–Crippen MR) is 152 cm³/mol. The molecule has 2 aliphatic rings. The van der Waals surface area contributed by atoms with Crippen LogP contribution < -0.4 is 10.6 Å². The number of carbonyl (C=O) groups excluding carboxylic acids is 1. The highest BCUT2D eigenvalue weighted by atomic mass is 16.2. The number of hydrogen-bond acceptors (Lipinski definition) is 6. The fourth-order valence-corrected chi connectivity index (χ4v) is 4.87. The molecule has 7 heteroatoms. The molecule has 0 fully saturated rings. The summed E-state index contributed by atoms with van der Waals surface area (Å²) < 4.78 is 0. The zero-order chi connectivity index (χ0) is 26.5. The van der Waals surface area contributed by atoms with Gasteiger partial charge in [0, 0.05) is 76.5 Å². The zero-order valence-electron chi connectivity index (χ0n) is 22.9. The average Bonchev–Trinajstić information content (AvgIpc) is 2.90. The van der Waals surface area contributed by atoms with E-state index in [-0.39, 0.29) is 5.91 Å². The van der Waals surface area contributed by atoms with E-state index < -0.39 is 0 Å². The van der Waals surface area contributed by atoms with Crippen LogP contribution in [0.25, 0.3) is 11.1 Å². The topological polar surface area (TPSA) is 73.4 Å². The predicted octanol–water partition coefficient (Wildman–Crippen LogP) is 4.52. The molecule has 4 rings (SSSR count). The third-order valence-electron chi connectivity index (χ3n) is 6.89. The van der Waals surface area contributed by atoms with Crippen LogP contribution in [-0.4, -0.2) is 73.0 Å². The summed E-state index contributed by atoms with van der Waals surface area (Å²) >= 11 is 0. The van der Waals surface area contributed by atoms with Gasteiger partial charge in [-0.25, -0.2) is 4.98 Å². The number of amides is 1. The van der Waals surface area contributed by atoms with Crippen molar-refractivity contribution >= 4 is 22.9 Å². The smallest absolute Gasteiger partial charge is 0.254 e. The minimum Gasteiger partial charge on any atom is -0.385 e. The number of nitrogens with one attached hydrogen (secondary N) is 2. The first-order chi connectivity index (χ1) is 17.8. The van der Waals surface area contributed by atoms with Crippen LogP contribution in [0, 0.1) is 6.92 Å². The van der Waals surface area contributed by atoms with E-state index in [9.17, 15) is 4.79 Å². The number of carbonyl (C=O) groups is 1. The fraction of sp³-hybridized carbons (Fsp3) is 0.367. The van der Waals surface area contributed by atoms with Crippen LogP contribution in [-0.2, 0) is 0 Å². The zero-order valence-corrected chi connectivity index (χ0v) is 22.9. The Balaban J connectivity index is 1.44. The van der Waals surface area contributed by atoms with Crippen molar-refractivity contribution in [2.45, 2.75) is 27.2 Å². The number of aromatic nitrogens is 2. The highest BCUT2D eigenvalue weighted by molar-refractivity contribution is 5.94. The van der Waals surface area contributed by atoms with Crippen molar-refractivity contribution in [3.8, 4) is 0 Å². The molecule has 2 aliphatic heterocycles. The van der Waals surface area contributed by atoms with E-state index in [1.54, 1.807) is 25.2 Å². The Hall–Kier alpha value is -3.71. The van der Waals surface area contributed by atoms with Gasteiger partial charge in [0.15, 0.2) is 0 Å². The number of anilines is 1. The number of hydrogen-bond donors (Lipinski definition) is 2. The molecule has 0 aromatic carbocycles. The second-order valence-electron chi connectivity index (χ2n) is 10.0. The summed E-state index contributed by atoms with van der Waals surface area (Å²) in [6, 6.07) is 6.10. The van der Waals surface area contributed by atoms with Gasteiger partial charge in [-0.3, -0.25) is 14.7 Å². The summed E-state index contributed by atoms with van der Waals surface area (Å²) in [6.45, 7) is 9.98. The molecule has 4 heterocycles. The van der Waals surface area contributed by atoms with Gasteiger partial charge in [-0.15, -0.1) is 0 Å². The molecule has 7 nitrogen and oxygen atoms in total. The molecule has 1 amide bonds. The number of aryl methyl sites for hydroxylation is 1. The summed E-state index contributed by atoms with van der Waals surface area (Å²) in [5.41, 5.74) is 10.0. The lowest BCUT2D eigenvalue weighted by Gasteiger charge is -2.27. The Kier molecular flexibility index (Phi) is 8.24. The van der Waals surface area contributed by atoms with E-state index in [0.29, 0.717) is 5.56 Å². The van der Waals surface area contributed by atoms with E-state index in [1.807, 2.05) is 32.3 Å². The third-order valence-corrected chi connectivity index (χ3v) is 6.89. The van der Waals surface area contributed by atoms with Crippen LogP contribution in [0.1, 0.15) is 47.4 Å². The molecule has 0 atom stereocenters. The summed E-state index contributed by atoms with van der Waals surface area (Å²) in [5.74, 6) is 0.851. The lowest BCUT2D eigenvalue weighted by molar-refractivity contribution is 0.0827. The largest absolute Gasteiger partial charge is 0.385 e. The fourth-order valence-electron chi connectivity index (χ4n) is 4.87. The van der Waals surface area contributed by atoms with E-state index in [2.05, 4.69) is 63.6 Å². The summed E-state index contributed by atoms with van der Waals surface area (Å²) in [5, 5.41) is 6.57. The number of allylic oxidation sites excluding steroid dienone is 4. The maximum atomic E-state index is 12.3. The third kappa shape index (κ3) is 6.17. The van der Waals surface area contributed by atoms with Crippen LogP contribution in [0.15, 0.2) is 65.7 Å². The number of pyridine rings is 2. The standard InChI is InChI=1S/C30H38N6O/c1-20(15-27-22(3)32-12-9-26(27)24-7-8-28(31-4)33-17-24)19-36-13-10-23(11-14-36)29-21(2)16-25(18-34-29)30(37)35(5)6/h7-10,15-18,32H,11-14,19H2,1-6H3,(H,31,33)/b20-15+. The van der Waals surface area contributed by atoms with E-state index in [1.165, 1.54) is 28.0 Å². The van der Waals surface area contributed by atoms with E-state index >= 15 is 0 Å². The Labute approximate surface area is 220 Å². The molecule has 0 saturated carbocycles. The lowest BCUT2D eigenvalue weighted by atomic mass is 9.93. The van der Waals surface area contributed by atoms with E-state index in [4.69, 9.17) is 0 Å². The van der Waals surface area contributed by atoms with Crippen molar-refractivity contribution in [2.24, 2.45) is 0 Å². The maximum Gasteiger partial charge on any atom is 0.254 e. The molecular formula is C30H38N6O. The summed E-state index contributed by atoms with van der Waals surface area (Å²) in [4.78, 5) is 25.5. The molecule has 0 unspecified atom stereocenters. The van der Waals surface area contributed by atoms with Gasteiger partial charge in [0.25, 0.3) is 5.91 Å². The van der Waals surface area contributed by atoms with Gasteiger partial charge in [-0.1, -0.05) is 23.8 Å². The lowest BCUT2D eigenvalue weighted by Crippen LogP contribution is -2.30. The van der Waals surface area contributed by atoms with Crippen molar-refractivity contribution in [2.75, 3.05) is 52.6 Å². The summed E-state index contributed by atoms with van der Waals surface area (Å²) in [7, 11) is 5.41. The highest BCUT2D eigenvalue weighted by Gasteiger charge is 2.19. The van der Waals surface area contributed by atoms with Crippen molar-refractivity contribution in [3.05, 3.63) is 88.0 Å². The average molecular weight is 499 g/mol. The van der Waals surface area contributed by atoms with Gasteiger partial charge in [-0.05, 0) is 62.1 Å². The molecule has 2 aromatic rings.